The molecule has 29 heavy (non-hydrogen) atoms. The fraction of sp³-hybridized carbons (Fsp3) is 0.409. The van der Waals surface area contributed by atoms with Crippen molar-refractivity contribution in [2.24, 2.45) is 0 Å². The van der Waals surface area contributed by atoms with Gasteiger partial charge in [-0.05, 0) is 63.3 Å². The smallest absolute Gasteiger partial charge is 0.244 e. The lowest BCUT2D eigenvalue weighted by molar-refractivity contribution is -0.119. The quantitative estimate of drug-likeness (QED) is 0.806. The van der Waals surface area contributed by atoms with E-state index in [1.54, 1.807) is 19.1 Å². The second kappa shape index (κ2) is 8.16. The normalized spacial score (nSPS) is 17.3. The third-order valence-corrected chi connectivity index (χ3v) is 7.46. The lowest BCUT2D eigenvalue weighted by atomic mass is 10.0. The van der Waals surface area contributed by atoms with Crippen molar-refractivity contribution in [3.8, 4) is 5.75 Å². The number of nitrogens with one attached hydrogen (secondary N) is 1. The number of benzene rings is 2. The topological polar surface area (TPSA) is 75.7 Å². The van der Waals surface area contributed by atoms with Crippen LogP contribution in [0.1, 0.15) is 35.1 Å². The van der Waals surface area contributed by atoms with Crippen LogP contribution in [0.25, 0.3) is 0 Å². The third kappa shape index (κ3) is 4.16. The molecule has 1 atom stereocenters. The molecule has 0 spiro atoms. The van der Waals surface area contributed by atoms with Gasteiger partial charge in [-0.25, -0.2) is 8.42 Å². The summed E-state index contributed by atoms with van der Waals surface area (Å²) in [4.78, 5) is 13.2. The molecule has 1 aliphatic rings. The highest BCUT2D eigenvalue weighted by Gasteiger charge is 2.40. The molecule has 1 fully saturated rings. The first-order valence-corrected chi connectivity index (χ1v) is 11.1. The Hall–Kier alpha value is -2.38. The molecule has 2 aromatic carbocycles. The number of sulfonamides is 1. The fourth-order valence-corrected chi connectivity index (χ4v) is 5.88. The van der Waals surface area contributed by atoms with Gasteiger partial charge >= 0.3 is 0 Å². The maximum absolute atomic E-state index is 13.4. The Kier molecular flexibility index (Phi) is 6.00. The number of amides is 1. The summed E-state index contributed by atoms with van der Waals surface area (Å²) >= 11 is 0. The van der Waals surface area contributed by atoms with Crippen LogP contribution in [0.2, 0.25) is 0 Å². The predicted octanol–water partition coefficient (Wildman–Crippen LogP) is 3.72. The van der Waals surface area contributed by atoms with Gasteiger partial charge in [-0.3, -0.25) is 4.79 Å². The lowest BCUT2D eigenvalue weighted by Gasteiger charge is -2.25. The van der Waals surface area contributed by atoms with Gasteiger partial charge in [-0.1, -0.05) is 23.8 Å². The van der Waals surface area contributed by atoms with E-state index in [-0.39, 0.29) is 10.8 Å². The van der Waals surface area contributed by atoms with Gasteiger partial charge in [0.25, 0.3) is 0 Å². The molecule has 156 valence electrons. The van der Waals surface area contributed by atoms with E-state index in [4.69, 9.17) is 4.74 Å². The summed E-state index contributed by atoms with van der Waals surface area (Å²) in [6.07, 6.45) is 1.14. The highest BCUT2D eigenvalue weighted by Crippen LogP contribution is 2.31. The van der Waals surface area contributed by atoms with Crippen molar-refractivity contribution >= 4 is 21.6 Å². The molecule has 3 rings (SSSR count). The molecule has 1 saturated heterocycles. The monoisotopic (exact) mass is 416 g/mol. The predicted molar refractivity (Wildman–Crippen MR) is 114 cm³/mol. The number of hydrogen-bond acceptors (Lipinski definition) is 4. The van der Waals surface area contributed by atoms with E-state index in [2.05, 4.69) is 5.32 Å². The maximum Gasteiger partial charge on any atom is 0.244 e. The van der Waals surface area contributed by atoms with Crippen molar-refractivity contribution in [2.45, 2.75) is 51.5 Å². The number of nitrogens with zero attached hydrogens (tertiary/aromatic N) is 1. The highest BCUT2D eigenvalue weighted by molar-refractivity contribution is 7.89. The van der Waals surface area contributed by atoms with E-state index < -0.39 is 16.1 Å². The summed E-state index contributed by atoms with van der Waals surface area (Å²) in [5, 5.41) is 2.97. The maximum atomic E-state index is 13.4. The largest absolute Gasteiger partial charge is 0.497 e. The van der Waals surface area contributed by atoms with Crippen LogP contribution in [0.4, 0.5) is 5.69 Å². The number of rotatable bonds is 5. The Morgan fingerprint density at radius 3 is 2.34 bits per heavy atom. The number of ether oxygens (including phenoxy) is 1. The van der Waals surface area contributed by atoms with Crippen LogP contribution in [0.15, 0.2) is 35.2 Å². The molecule has 0 unspecified atom stereocenters. The summed E-state index contributed by atoms with van der Waals surface area (Å²) in [5.74, 6) is 0.182. The minimum atomic E-state index is -3.82. The van der Waals surface area contributed by atoms with Crippen molar-refractivity contribution in [3.63, 3.8) is 0 Å². The lowest BCUT2D eigenvalue weighted by Crippen LogP contribution is -2.43. The number of hydrogen-bond donors (Lipinski definition) is 1. The SMILES string of the molecule is COc1ccc(C)c(S(=O)(=O)N2CCC[C@@H]2C(=O)Nc2c(C)cc(C)cc2C)c1. The Balaban J connectivity index is 1.91. The number of anilines is 1. The first kappa shape index (κ1) is 21.3. The summed E-state index contributed by atoms with van der Waals surface area (Å²) in [7, 11) is -2.32. The Morgan fingerprint density at radius 2 is 1.72 bits per heavy atom. The van der Waals surface area contributed by atoms with Crippen LogP contribution in [0, 0.1) is 27.7 Å². The van der Waals surface area contributed by atoms with E-state index in [9.17, 15) is 13.2 Å². The first-order valence-electron chi connectivity index (χ1n) is 9.70. The molecular weight excluding hydrogens is 388 g/mol. The highest BCUT2D eigenvalue weighted by atomic mass is 32.2. The molecule has 0 bridgehead atoms. The molecule has 1 aliphatic heterocycles. The number of aryl methyl sites for hydroxylation is 4. The van der Waals surface area contributed by atoms with Crippen LogP contribution >= 0.6 is 0 Å². The van der Waals surface area contributed by atoms with Crippen molar-refractivity contribution < 1.29 is 17.9 Å². The van der Waals surface area contributed by atoms with Crippen LogP contribution in [-0.4, -0.2) is 38.3 Å². The average Bonchev–Trinajstić information content (AvgIpc) is 3.15. The Morgan fingerprint density at radius 1 is 1.07 bits per heavy atom. The van der Waals surface area contributed by atoms with Gasteiger partial charge in [0.15, 0.2) is 0 Å². The van der Waals surface area contributed by atoms with Gasteiger partial charge in [-0.2, -0.15) is 4.31 Å². The molecule has 0 radical (unpaired) electrons. The molecule has 1 amide bonds. The van der Waals surface area contributed by atoms with Crippen LogP contribution in [0.3, 0.4) is 0 Å². The standard InChI is InChI=1S/C22H28N2O4S/c1-14-11-16(3)21(17(4)12-14)23-22(25)19-7-6-10-24(19)29(26,27)20-13-18(28-5)9-8-15(20)2/h8-9,11-13,19H,6-7,10H2,1-5H3,(H,23,25)/t19-/m1/s1. The molecule has 2 aromatic rings. The molecule has 1 N–H and O–H groups in total. The molecule has 0 aliphatic carbocycles. The molecule has 7 heteroatoms. The van der Waals surface area contributed by atoms with E-state index in [1.165, 1.54) is 17.5 Å². The average molecular weight is 417 g/mol. The Labute approximate surface area is 172 Å². The van der Waals surface area contributed by atoms with Crippen molar-refractivity contribution in [2.75, 3.05) is 19.0 Å². The van der Waals surface area contributed by atoms with Crippen LogP contribution < -0.4 is 10.1 Å². The second-order valence-corrected chi connectivity index (χ2v) is 9.53. The van der Waals surface area contributed by atoms with E-state index in [1.807, 2.05) is 32.9 Å². The van der Waals surface area contributed by atoms with Gasteiger partial charge in [0.2, 0.25) is 15.9 Å². The summed E-state index contributed by atoms with van der Waals surface area (Å²) < 4.78 is 33.2. The van der Waals surface area contributed by atoms with E-state index >= 15 is 0 Å². The van der Waals surface area contributed by atoms with E-state index in [0.717, 1.165) is 22.4 Å². The van der Waals surface area contributed by atoms with Gasteiger partial charge in [0, 0.05) is 18.3 Å². The molecular formula is C22H28N2O4S. The van der Waals surface area contributed by atoms with Crippen LogP contribution in [-0.2, 0) is 14.8 Å². The molecule has 6 nitrogen and oxygen atoms in total. The Bertz CT molecular complexity index is 1020. The van der Waals surface area contributed by atoms with Gasteiger partial charge in [0.05, 0.1) is 12.0 Å². The number of carbonyl (C=O) groups is 1. The van der Waals surface area contributed by atoms with E-state index in [0.29, 0.717) is 30.7 Å². The van der Waals surface area contributed by atoms with Gasteiger partial charge < -0.3 is 10.1 Å². The third-order valence-electron chi connectivity index (χ3n) is 5.41. The fourth-order valence-electron chi connectivity index (χ4n) is 3.99. The number of carbonyl (C=O) groups excluding carboxylic acids is 1. The summed E-state index contributed by atoms with van der Waals surface area (Å²) in [5.41, 5.74) is 4.43. The summed E-state index contributed by atoms with van der Waals surface area (Å²) in [6.45, 7) is 7.96. The molecule has 0 aromatic heterocycles. The zero-order chi connectivity index (χ0) is 21.3. The second-order valence-electron chi connectivity index (χ2n) is 7.67. The van der Waals surface area contributed by atoms with Gasteiger partial charge in [-0.15, -0.1) is 0 Å². The van der Waals surface area contributed by atoms with Crippen molar-refractivity contribution in [1.29, 1.82) is 0 Å². The number of methoxy groups -OCH3 is 1. The molecule has 0 saturated carbocycles. The van der Waals surface area contributed by atoms with Gasteiger partial charge in [0.1, 0.15) is 11.8 Å². The zero-order valence-electron chi connectivity index (χ0n) is 17.6. The van der Waals surface area contributed by atoms with Crippen molar-refractivity contribution in [3.05, 3.63) is 52.6 Å². The first-order chi connectivity index (χ1) is 13.6. The summed E-state index contributed by atoms with van der Waals surface area (Å²) in [6, 6.07) is 8.25. The van der Waals surface area contributed by atoms with Crippen molar-refractivity contribution in [1.82, 2.24) is 4.31 Å². The molecule has 1 heterocycles. The zero-order valence-corrected chi connectivity index (χ0v) is 18.4. The minimum absolute atomic E-state index is 0.180. The van der Waals surface area contributed by atoms with Crippen LogP contribution in [0.5, 0.6) is 5.75 Å². The minimum Gasteiger partial charge on any atom is -0.497 e.